The van der Waals surface area contributed by atoms with Crippen molar-refractivity contribution in [3.05, 3.63) is 46.8 Å². The second-order valence-electron chi connectivity index (χ2n) is 7.02. The van der Waals surface area contributed by atoms with Crippen molar-refractivity contribution in [2.75, 3.05) is 0 Å². The fourth-order valence-corrected chi connectivity index (χ4v) is 3.35. The highest BCUT2D eigenvalue weighted by Gasteiger charge is 2.48. The number of para-hydroxylation sites is 2. The Morgan fingerprint density at radius 2 is 1.96 bits per heavy atom. The number of aromatic nitrogens is 5. The maximum absolute atomic E-state index is 13.2. The van der Waals surface area contributed by atoms with Crippen LogP contribution in [-0.2, 0) is 5.60 Å². The van der Waals surface area contributed by atoms with Gasteiger partial charge in [-0.05, 0) is 38.8 Å². The van der Waals surface area contributed by atoms with Gasteiger partial charge in [0.2, 0.25) is 5.82 Å². The molecule has 1 aromatic carbocycles. The molecule has 0 unspecified atom stereocenters. The monoisotopic (exact) mass is 351 g/mol. The van der Waals surface area contributed by atoms with Gasteiger partial charge in [0.25, 0.3) is 11.4 Å². The van der Waals surface area contributed by atoms with Gasteiger partial charge in [-0.2, -0.15) is 4.98 Å². The Labute approximate surface area is 147 Å². The van der Waals surface area contributed by atoms with Crippen molar-refractivity contribution in [2.45, 2.75) is 38.3 Å². The highest BCUT2D eigenvalue weighted by atomic mass is 16.5. The Hall–Kier alpha value is -3.00. The smallest absolute Gasteiger partial charge is 0.278 e. The molecule has 5 rings (SSSR count). The third kappa shape index (κ3) is 1.99. The van der Waals surface area contributed by atoms with E-state index in [9.17, 15) is 9.90 Å². The highest BCUT2D eigenvalue weighted by molar-refractivity contribution is 5.83. The van der Waals surface area contributed by atoms with E-state index in [1.165, 1.54) is 0 Å². The quantitative estimate of drug-likeness (QED) is 0.608. The molecule has 8 heteroatoms. The molecule has 0 bridgehead atoms. The first kappa shape index (κ1) is 15.3. The topological polar surface area (TPSA) is 98.5 Å². The van der Waals surface area contributed by atoms with Crippen LogP contribution in [0.2, 0.25) is 0 Å². The van der Waals surface area contributed by atoms with E-state index >= 15 is 0 Å². The molecule has 0 amide bonds. The summed E-state index contributed by atoms with van der Waals surface area (Å²) in [6.45, 7) is 3.94. The van der Waals surface area contributed by atoms with E-state index in [1.54, 1.807) is 15.3 Å². The van der Waals surface area contributed by atoms with Gasteiger partial charge in [-0.3, -0.25) is 9.20 Å². The van der Waals surface area contributed by atoms with E-state index in [2.05, 4.69) is 15.1 Å². The summed E-state index contributed by atoms with van der Waals surface area (Å²) >= 11 is 0. The average molecular weight is 351 g/mol. The van der Waals surface area contributed by atoms with Crippen LogP contribution >= 0.6 is 0 Å². The van der Waals surface area contributed by atoms with Crippen molar-refractivity contribution >= 4 is 16.6 Å². The summed E-state index contributed by atoms with van der Waals surface area (Å²) < 4.78 is 8.70. The number of rotatable bonds is 3. The van der Waals surface area contributed by atoms with Gasteiger partial charge in [-0.25, -0.2) is 4.98 Å². The van der Waals surface area contributed by atoms with Crippen LogP contribution in [0, 0.1) is 0 Å². The third-order valence-corrected chi connectivity index (χ3v) is 4.87. The van der Waals surface area contributed by atoms with Gasteiger partial charge >= 0.3 is 0 Å². The predicted molar refractivity (Wildman–Crippen MR) is 93.8 cm³/mol. The second-order valence-corrected chi connectivity index (χ2v) is 7.02. The SMILES string of the molecule is CC(C)n1c(=O)c2c(-c3noc(C4(O)CC4)n3)ncn2c2ccccc21. The van der Waals surface area contributed by atoms with Crippen LogP contribution in [0.5, 0.6) is 0 Å². The van der Waals surface area contributed by atoms with E-state index < -0.39 is 5.60 Å². The van der Waals surface area contributed by atoms with E-state index in [-0.39, 0.29) is 23.3 Å². The molecule has 3 aromatic heterocycles. The van der Waals surface area contributed by atoms with E-state index in [4.69, 9.17) is 4.52 Å². The Kier molecular flexibility index (Phi) is 2.94. The van der Waals surface area contributed by atoms with Gasteiger partial charge in [0.05, 0.1) is 11.0 Å². The Morgan fingerprint density at radius 1 is 1.23 bits per heavy atom. The van der Waals surface area contributed by atoms with Crippen LogP contribution in [0.1, 0.15) is 38.6 Å². The third-order valence-electron chi connectivity index (χ3n) is 4.87. The minimum absolute atomic E-state index is 0.0202. The molecule has 26 heavy (non-hydrogen) atoms. The lowest BCUT2D eigenvalue weighted by molar-refractivity contribution is 0.108. The first-order chi connectivity index (χ1) is 12.5. The minimum Gasteiger partial charge on any atom is -0.380 e. The minimum atomic E-state index is -1.02. The molecule has 4 aromatic rings. The molecular formula is C18H17N5O3. The van der Waals surface area contributed by atoms with Crippen LogP contribution in [0.25, 0.3) is 28.1 Å². The molecule has 0 saturated heterocycles. The number of hydrogen-bond acceptors (Lipinski definition) is 6. The molecule has 132 valence electrons. The van der Waals surface area contributed by atoms with E-state index in [0.29, 0.717) is 24.1 Å². The van der Waals surface area contributed by atoms with Crippen molar-refractivity contribution < 1.29 is 9.63 Å². The fourth-order valence-electron chi connectivity index (χ4n) is 3.35. The van der Waals surface area contributed by atoms with Crippen molar-refractivity contribution in [3.8, 4) is 11.5 Å². The van der Waals surface area contributed by atoms with Crippen LogP contribution in [0.15, 0.2) is 39.9 Å². The molecule has 0 radical (unpaired) electrons. The molecule has 1 fully saturated rings. The van der Waals surface area contributed by atoms with Gasteiger partial charge in [0.1, 0.15) is 23.1 Å². The van der Waals surface area contributed by atoms with Crippen LogP contribution < -0.4 is 5.56 Å². The lowest BCUT2D eigenvalue weighted by atomic mass is 10.2. The molecule has 3 heterocycles. The zero-order chi connectivity index (χ0) is 18.1. The molecule has 1 saturated carbocycles. The average Bonchev–Trinajstić information content (AvgIpc) is 3.03. The van der Waals surface area contributed by atoms with Crippen LogP contribution in [0.3, 0.4) is 0 Å². The summed E-state index contributed by atoms with van der Waals surface area (Å²) in [6, 6.07) is 7.68. The molecule has 1 aliphatic rings. The first-order valence-electron chi connectivity index (χ1n) is 8.57. The van der Waals surface area contributed by atoms with Crippen molar-refractivity contribution in [1.82, 2.24) is 24.1 Å². The largest absolute Gasteiger partial charge is 0.380 e. The number of fused-ring (bicyclic) bond motifs is 3. The summed E-state index contributed by atoms with van der Waals surface area (Å²) in [6.07, 6.45) is 2.80. The van der Waals surface area contributed by atoms with Crippen molar-refractivity contribution in [1.29, 1.82) is 0 Å². The van der Waals surface area contributed by atoms with Gasteiger partial charge in [0.15, 0.2) is 0 Å². The lowest BCUT2D eigenvalue weighted by Crippen LogP contribution is -2.24. The molecule has 8 nitrogen and oxygen atoms in total. The molecule has 0 aliphatic heterocycles. The van der Waals surface area contributed by atoms with E-state index in [0.717, 1.165) is 11.0 Å². The number of aliphatic hydroxyl groups is 1. The fraction of sp³-hybridized carbons (Fsp3) is 0.333. The Balaban J connectivity index is 1.83. The normalized spacial score (nSPS) is 16.0. The summed E-state index contributed by atoms with van der Waals surface area (Å²) in [7, 11) is 0. The van der Waals surface area contributed by atoms with Gasteiger partial charge in [-0.15, -0.1) is 0 Å². The molecule has 1 N–H and O–H groups in total. The Morgan fingerprint density at radius 3 is 2.65 bits per heavy atom. The van der Waals surface area contributed by atoms with Gasteiger partial charge < -0.3 is 14.2 Å². The molecule has 0 atom stereocenters. The second kappa shape index (κ2) is 5.01. The first-order valence-corrected chi connectivity index (χ1v) is 8.57. The van der Waals surface area contributed by atoms with Crippen molar-refractivity contribution in [3.63, 3.8) is 0 Å². The predicted octanol–water partition coefficient (Wildman–Crippen LogP) is 2.26. The number of benzene rings is 1. The zero-order valence-electron chi connectivity index (χ0n) is 14.4. The zero-order valence-corrected chi connectivity index (χ0v) is 14.4. The highest BCUT2D eigenvalue weighted by Crippen LogP contribution is 2.44. The maximum Gasteiger partial charge on any atom is 0.278 e. The van der Waals surface area contributed by atoms with Gasteiger partial charge in [0, 0.05) is 6.04 Å². The lowest BCUT2D eigenvalue weighted by Gasteiger charge is -2.15. The van der Waals surface area contributed by atoms with Crippen molar-refractivity contribution in [2.24, 2.45) is 0 Å². The number of imidazole rings is 1. The number of hydrogen-bond donors (Lipinski definition) is 1. The molecule has 0 spiro atoms. The van der Waals surface area contributed by atoms with Gasteiger partial charge in [-0.1, -0.05) is 17.3 Å². The number of nitrogens with zero attached hydrogens (tertiary/aromatic N) is 5. The summed E-state index contributed by atoms with van der Waals surface area (Å²) in [4.78, 5) is 21.9. The maximum atomic E-state index is 13.2. The summed E-state index contributed by atoms with van der Waals surface area (Å²) in [5, 5.41) is 14.1. The Bertz CT molecular complexity index is 1210. The standard InChI is InChI=1S/C18H17N5O3/c1-10(2)23-12-6-4-3-5-11(12)22-9-19-13(14(22)16(23)24)15-20-17(26-21-15)18(25)7-8-18/h3-6,9-10,25H,7-8H2,1-2H3. The molecular weight excluding hydrogens is 334 g/mol. The summed E-state index contributed by atoms with van der Waals surface area (Å²) in [5.74, 6) is 0.393. The van der Waals surface area contributed by atoms with Crippen LogP contribution in [-0.4, -0.2) is 29.2 Å². The van der Waals surface area contributed by atoms with E-state index in [1.807, 2.05) is 38.1 Å². The summed E-state index contributed by atoms with van der Waals surface area (Å²) in [5.41, 5.74) is 1.28. The van der Waals surface area contributed by atoms with Crippen LogP contribution in [0.4, 0.5) is 0 Å². The molecule has 1 aliphatic carbocycles.